The van der Waals surface area contributed by atoms with Gasteiger partial charge in [0.1, 0.15) is 0 Å². The van der Waals surface area contributed by atoms with E-state index in [4.69, 9.17) is 5.11 Å². The molecule has 5 nitrogen and oxygen atoms in total. The number of carbonyl (C=O) groups is 2. The van der Waals surface area contributed by atoms with E-state index in [-0.39, 0.29) is 16.7 Å². The quantitative estimate of drug-likeness (QED) is 0.768. The van der Waals surface area contributed by atoms with Gasteiger partial charge in [-0.05, 0) is 48.7 Å². The number of hydrogen-bond donors (Lipinski definition) is 1. The first-order valence-corrected chi connectivity index (χ1v) is 9.43. The van der Waals surface area contributed by atoms with Crippen LogP contribution in [0.5, 0.6) is 0 Å². The number of amides is 1. The molecular weight excluding hydrogens is 360 g/mol. The molecule has 2 aromatic carbocycles. The third-order valence-electron chi connectivity index (χ3n) is 4.34. The van der Waals surface area contributed by atoms with Crippen molar-refractivity contribution in [3.05, 3.63) is 77.9 Å². The lowest BCUT2D eigenvalue weighted by Crippen LogP contribution is -2.32. The molecule has 3 rings (SSSR count). The number of amidine groups is 1. The lowest BCUT2D eigenvalue weighted by molar-refractivity contribution is -0.125. The van der Waals surface area contributed by atoms with Crippen molar-refractivity contribution in [2.75, 3.05) is 6.54 Å². The largest absolute Gasteiger partial charge is 0.478 e. The number of thioether (sulfide) groups is 1. The van der Waals surface area contributed by atoms with E-state index in [2.05, 4.69) is 11.6 Å². The van der Waals surface area contributed by atoms with E-state index < -0.39 is 5.97 Å². The average molecular weight is 380 g/mol. The minimum atomic E-state index is -0.980. The summed E-state index contributed by atoms with van der Waals surface area (Å²) in [4.78, 5) is 30.0. The second kappa shape index (κ2) is 8.22. The first-order chi connectivity index (χ1) is 13.0. The molecule has 1 unspecified atom stereocenters. The predicted molar refractivity (Wildman–Crippen MR) is 109 cm³/mol. The zero-order valence-electron chi connectivity index (χ0n) is 15.0. The Hall–Kier alpha value is -2.86. The summed E-state index contributed by atoms with van der Waals surface area (Å²) in [5.74, 6) is -0.963. The lowest BCUT2D eigenvalue weighted by Gasteiger charge is -2.14. The van der Waals surface area contributed by atoms with Crippen molar-refractivity contribution in [3.8, 4) is 0 Å². The molecule has 1 aliphatic rings. The summed E-state index contributed by atoms with van der Waals surface area (Å²) in [5.41, 5.74) is 3.13. The first kappa shape index (κ1) is 18.9. The minimum Gasteiger partial charge on any atom is -0.478 e. The zero-order chi connectivity index (χ0) is 19.4. The molecule has 0 radical (unpaired) electrons. The van der Waals surface area contributed by atoms with Crippen molar-refractivity contribution < 1.29 is 14.7 Å². The molecule has 2 aromatic rings. The molecule has 0 saturated carbocycles. The van der Waals surface area contributed by atoms with Crippen LogP contribution < -0.4 is 0 Å². The van der Waals surface area contributed by atoms with E-state index in [0.717, 1.165) is 11.1 Å². The van der Waals surface area contributed by atoms with Gasteiger partial charge >= 0.3 is 5.97 Å². The monoisotopic (exact) mass is 380 g/mol. The Morgan fingerprint density at radius 2 is 1.96 bits per heavy atom. The van der Waals surface area contributed by atoms with Crippen LogP contribution in [-0.2, 0) is 11.2 Å². The van der Waals surface area contributed by atoms with Gasteiger partial charge in [-0.3, -0.25) is 9.69 Å². The molecule has 0 bridgehead atoms. The van der Waals surface area contributed by atoms with Crippen LogP contribution >= 0.6 is 11.8 Å². The number of carbonyl (C=O) groups excluding carboxylic acids is 1. The van der Waals surface area contributed by atoms with Crippen molar-refractivity contribution in [2.45, 2.75) is 18.6 Å². The molecule has 1 amide bonds. The Bertz CT molecular complexity index is 906. The molecule has 0 aliphatic carbocycles. The molecule has 27 heavy (non-hydrogen) atoms. The molecule has 0 aromatic heterocycles. The van der Waals surface area contributed by atoms with Crippen LogP contribution in [0, 0.1) is 6.92 Å². The third kappa shape index (κ3) is 4.28. The van der Waals surface area contributed by atoms with Crippen molar-refractivity contribution >= 4 is 34.5 Å². The zero-order valence-corrected chi connectivity index (χ0v) is 15.8. The maximum atomic E-state index is 12.9. The summed E-state index contributed by atoms with van der Waals surface area (Å²) in [6.45, 7) is 6.16. The molecule has 1 saturated heterocycles. The number of rotatable bonds is 6. The third-order valence-corrected chi connectivity index (χ3v) is 5.51. The lowest BCUT2D eigenvalue weighted by atomic mass is 10.0. The minimum absolute atomic E-state index is 0.0176. The van der Waals surface area contributed by atoms with Gasteiger partial charge in [0, 0.05) is 6.54 Å². The van der Waals surface area contributed by atoms with Crippen LogP contribution in [0.4, 0.5) is 5.69 Å². The normalized spacial score (nSPS) is 18.1. The summed E-state index contributed by atoms with van der Waals surface area (Å²) in [7, 11) is 0. The van der Waals surface area contributed by atoms with Gasteiger partial charge in [0.15, 0.2) is 5.17 Å². The SMILES string of the molecule is C=CCN1C(=O)C(Cc2ccccc2C)SC1=Nc1ccc(C(=O)O)cc1. The first-order valence-electron chi connectivity index (χ1n) is 8.55. The van der Waals surface area contributed by atoms with Crippen LogP contribution in [0.3, 0.4) is 0 Å². The van der Waals surface area contributed by atoms with E-state index in [1.165, 1.54) is 23.9 Å². The summed E-state index contributed by atoms with van der Waals surface area (Å²) in [6.07, 6.45) is 2.32. The molecular formula is C21H20N2O3S. The standard InChI is InChI=1S/C21H20N2O3S/c1-3-12-23-19(24)18(13-16-7-5-4-6-14(16)2)27-21(23)22-17-10-8-15(9-11-17)20(25)26/h3-11,18H,1,12-13H2,2H3,(H,25,26). The molecule has 138 valence electrons. The van der Waals surface area contributed by atoms with Crippen molar-refractivity contribution in [1.82, 2.24) is 4.90 Å². The Kier molecular flexibility index (Phi) is 5.76. The van der Waals surface area contributed by atoms with E-state index >= 15 is 0 Å². The summed E-state index contributed by atoms with van der Waals surface area (Å²) < 4.78 is 0. The van der Waals surface area contributed by atoms with Gasteiger partial charge in [-0.15, -0.1) is 6.58 Å². The number of aromatic carboxylic acids is 1. The molecule has 6 heteroatoms. The molecule has 1 fully saturated rings. The highest BCUT2D eigenvalue weighted by Crippen LogP contribution is 2.32. The van der Waals surface area contributed by atoms with Gasteiger partial charge in [0.2, 0.25) is 5.91 Å². The fraction of sp³-hybridized carbons (Fsp3) is 0.190. The van der Waals surface area contributed by atoms with Crippen LogP contribution in [0.2, 0.25) is 0 Å². The van der Waals surface area contributed by atoms with E-state index in [1.54, 1.807) is 23.1 Å². The Balaban J connectivity index is 1.85. The highest BCUT2D eigenvalue weighted by molar-refractivity contribution is 8.15. The number of carboxylic acid groups (broad SMARTS) is 1. The Labute approximate surface area is 162 Å². The molecule has 1 aliphatic heterocycles. The molecule has 1 heterocycles. The van der Waals surface area contributed by atoms with Gasteiger partial charge in [-0.25, -0.2) is 9.79 Å². The van der Waals surface area contributed by atoms with E-state index in [0.29, 0.717) is 23.8 Å². The van der Waals surface area contributed by atoms with Crippen molar-refractivity contribution in [1.29, 1.82) is 0 Å². The van der Waals surface area contributed by atoms with Crippen LogP contribution in [-0.4, -0.2) is 38.8 Å². The van der Waals surface area contributed by atoms with Gasteiger partial charge in [0.25, 0.3) is 0 Å². The summed E-state index contributed by atoms with van der Waals surface area (Å²) >= 11 is 1.44. The number of aliphatic imine (C=N–C) groups is 1. The average Bonchev–Trinajstić information content (AvgIpc) is 2.93. The van der Waals surface area contributed by atoms with E-state index in [1.807, 2.05) is 31.2 Å². The van der Waals surface area contributed by atoms with E-state index in [9.17, 15) is 9.59 Å². The van der Waals surface area contributed by atoms with Gasteiger partial charge in [-0.1, -0.05) is 42.1 Å². The highest BCUT2D eigenvalue weighted by atomic mass is 32.2. The highest BCUT2D eigenvalue weighted by Gasteiger charge is 2.37. The molecule has 1 N–H and O–H groups in total. The summed E-state index contributed by atoms with van der Waals surface area (Å²) in [6, 6.07) is 14.3. The van der Waals surface area contributed by atoms with Crippen LogP contribution in [0.1, 0.15) is 21.5 Å². The number of benzene rings is 2. The fourth-order valence-corrected chi connectivity index (χ4v) is 4.05. The number of carboxylic acids is 1. The topological polar surface area (TPSA) is 70.0 Å². The van der Waals surface area contributed by atoms with Gasteiger partial charge in [-0.2, -0.15) is 0 Å². The second-order valence-electron chi connectivity index (χ2n) is 6.22. The predicted octanol–water partition coefficient (Wildman–Crippen LogP) is 4.05. The summed E-state index contributed by atoms with van der Waals surface area (Å²) in [5, 5.41) is 9.38. The second-order valence-corrected chi connectivity index (χ2v) is 7.39. The number of aryl methyl sites for hydroxylation is 1. The van der Waals surface area contributed by atoms with Crippen molar-refractivity contribution in [2.24, 2.45) is 4.99 Å². The smallest absolute Gasteiger partial charge is 0.335 e. The number of nitrogens with zero attached hydrogens (tertiary/aromatic N) is 2. The van der Waals surface area contributed by atoms with Gasteiger partial charge in [0.05, 0.1) is 16.5 Å². The fourth-order valence-electron chi connectivity index (χ4n) is 2.85. The van der Waals surface area contributed by atoms with Crippen molar-refractivity contribution in [3.63, 3.8) is 0 Å². The number of hydrogen-bond acceptors (Lipinski definition) is 4. The van der Waals surface area contributed by atoms with Crippen LogP contribution in [0.25, 0.3) is 0 Å². The maximum absolute atomic E-state index is 12.9. The molecule has 0 spiro atoms. The Morgan fingerprint density at radius 3 is 2.59 bits per heavy atom. The maximum Gasteiger partial charge on any atom is 0.335 e. The van der Waals surface area contributed by atoms with Crippen LogP contribution in [0.15, 0.2) is 66.2 Å². The molecule has 1 atom stereocenters. The van der Waals surface area contributed by atoms with Gasteiger partial charge < -0.3 is 5.11 Å². The Morgan fingerprint density at radius 1 is 1.26 bits per heavy atom.